The Morgan fingerprint density at radius 1 is 1.19 bits per heavy atom. The van der Waals surface area contributed by atoms with Gasteiger partial charge in [0.1, 0.15) is 6.04 Å². The molecule has 0 bridgehead atoms. The van der Waals surface area contributed by atoms with E-state index in [9.17, 15) is 18.8 Å². The molecule has 1 saturated heterocycles. The first-order chi connectivity index (χ1) is 12.5. The first-order valence-electron chi connectivity index (χ1n) is 9.06. The lowest BCUT2D eigenvalue weighted by Gasteiger charge is -2.49. The topological polar surface area (TPSA) is 81.4 Å². The highest BCUT2D eigenvalue weighted by molar-refractivity contribution is 7.88. The van der Waals surface area contributed by atoms with Crippen LogP contribution in [0.4, 0.5) is 0 Å². The van der Waals surface area contributed by atoms with E-state index in [0.29, 0.717) is 5.92 Å². The van der Waals surface area contributed by atoms with Crippen molar-refractivity contribution in [2.24, 2.45) is 5.92 Å². The van der Waals surface area contributed by atoms with Crippen molar-refractivity contribution in [3.63, 3.8) is 0 Å². The van der Waals surface area contributed by atoms with E-state index in [2.05, 4.69) is 17.9 Å². The van der Waals surface area contributed by atoms with Crippen LogP contribution in [0.5, 0.6) is 0 Å². The van der Waals surface area contributed by atoms with Gasteiger partial charge in [0.05, 0.1) is 25.0 Å². The predicted molar refractivity (Wildman–Crippen MR) is 99.6 cm³/mol. The Kier molecular flexibility index (Phi) is 5.67. The molecule has 0 aromatic heterocycles. The smallest absolute Gasteiger partial charge is 0.212 e. The molecule has 3 rings (SSSR count). The second-order valence-electron chi connectivity index (χ2n) is 7.17. The maximum absolute atomic E-state index is 11.9. The molecule has 0 amide bonds. The quantitative estimate of drug-likeness (QED) is 0.825. The van der Waals surface area contributed by atoms with Gasteiger partial charge in [-0.25, -0.2) is 8.42 Å². The van der Waals surface area contributed by atoms with E-state index in [1.165, 1.54) is 32.1 Å². The monoisotopic (exact) mass is 372 g/mol. The third kappa shape index (κ3) is 3.78. The molecule has 1 aromatic rings. The van der Waals surface area contributed by atoms with Crippen LogP contribution < -0.4 is 0 Å². The van der Waals surface area contributed by atoms with Crippen molar-refractivity contribution >= 4 is 10.0 Å². The molecule has 26 heavy (non-hydrogen) atoms. The van der Waals surface area contributed by atoms with E-state index in [4.69, 9.17) is 0 Å². The second kappa shape index (κ2) is 7.80. The number of hydrogen-bond acceptors (Lipinski definition) is 4. The van der Waals surface area contributed by atoms with E-state index < -0.39 is 22.1 Å². The molecule has 1 N–H and O–H groups in total. The standard InChI is InChI=1S/C20H24N2O3S/c1-26(24,25)22-18(13-21)20(19(22)14-23)17-11-9-16(10-12-17)8-7-15-5-3-2-4-6-15/h9-12,15,18-20,23H,2-6,14H2,1H3/t18-,19+,20-/m0/s1. The van der Waals surface area contributed by atoms with Crippen LogP contribution in [0.3, 0.4) is 0 Å². The molecule has 5 nitrogen and oxygen atoms in total. The van der Waals surface area contributed by atoms with Gasteiger partial charge in [0, 0.05) is 17.4 Å². The van der Waals surface area contributed by atoms with Crippen LogP contribution in [0, 0.1) is 29.1 Å². The molecule has 6 heteroatoms. The minimum absolute atomic E-state index is 0.306. The number of aliphatic hydroxyl groups is 1. The maximum atomic E-state index is 11.9. The van der Waals surface area contributed by atoms with Crippen molar-refractivity contribution in [1.82, 2.24) is 4.31 Å². The van der Waals surface area contributed by atoms with E-state index in [1.54, 1.807) is 0 Å². The molecule has 2 fully saturated rings. The highest BCUT2D eigenvalue weighted by Gasteiger charge is 2.53. The number of hydrogen-bond donors (Lipinski definition) is 1. The van der Waals surface area contributed by atoms with Gasteiger partial charge in [-0.05, 0) is 30.5 Å². The Morgan fingerprint density at radius 3 is 2.38 bits per heavy atom. The van der Waals surface area contributed by atoms with Gasteiger partial charge in [-0.3, -0.25) is 0 Å². The number of rotatable bonds is 3. The molecular weight excluding hydrogens is 348 g/mol. The van der Waals surface area contributed by atoms with Gasteiger partial charge in [0.15, 0.2) is 0 Å². The Morgan fingerprint density at radius 2 is 1.85 bits per heavy atom. The molecule has 1 aromatic carbocycles. The third-order valence-corrected chi connectivity index (χ3v) is 6.64. The van der Waals surface area contributed by atoms with Crippen molar-refractivity contribution in [3.05, 3.63) is 35.4 Å². The minimum Gasteiger partial charge on any atom is -0.395 e. The molecule has 0 unspecified atom stereocenters. The molecule has 1 heterocycles. The molecule has 3 atom stereocenters. The lowest BCUT2D eigenvalue weighted by atomic mass is 9.78. The van der Waals surface area contributed by atoms with Crippen LogP contribution >= 0.6 is 0 Å². The van der Waals surface area contributed by atoms with Crippen molar-refractivity contribution in [3.8, 4) is 17.9 Å². The largest absolute Gasteiger partial charge is 0.395 e. The molecule has 2 aliphatic rings. The van der Waals surface area contributed by atoms with Crippen molar-refractivity contribution in [2.75, 3.05) is 12.9 Å². The minimum atomic E-state index is -3.53. The highest BCUT2D eigenvalue weighted by atomic mass is 32.2. The zero-order valence-corrected chi connectivity index (χ0v) is 15.7. The summed E-state index contributed by atoms with van der Waals surface area (Å²) >= 11 is 0. The summed E-state index contributed by atoms with van der Waals surface area (Å²) in [5.74, 6) is 6.75. The lowest BCUT2D eigenvalue weighted by Crippen LogP contribution is -2.64. The van der Waals surface area contributed by atoms with E-state index in [-0.39, 0.29) is 12.5 Å². The summed E-state index contributed by atoms with van der Waals surface area (Å²) in [6.45, 7) is -0.306. The van der Waals surface area contributed by atoms with Crippen LogP contribution in [0.25, 0.3) is 0 Å². The summed E-state index contributed by atoms with van der Waals surface area (Å²) in [5, 5.41) is 19.0. The summed E-state index contributed by atoms with van der Waals surface area (Å²) in [6, 6.07) is 8.31. The number of benzene rings is 1. The fourth-order valence-electron chi connectivity index (χ4n) is 4.04. The summed E-state index contributed by atoms with van der Waals surface area (Å²) < 4.78 is 24.8. The van der Waals surface area contributed by atoms with E-state index in [0.717, 1.165) is 21.7 Å². The summed E-state index contributed by atoms with van der Waals surface area (Å²) in [4.78, 5) is 0. The number of nitriles is 1. The molecule has 1 aliphatic heterocycles. The summed E-state index contributed by atoms with van der Waals surface area (Å²) in [6.07, 6.45) is 7.25. The van der Waals surface area contributed by atoms with E-state index in [1.807, 2.05) is 24.3 Å². The van der Waals surface area contributed by atoms with Gasteiger partial charge in [-0.2, -0.15) is 9.57 Å². The van der Waals surface area contributed by atoms with Crippen LogP contribution in [0.1, 0.15) is 49.1 Å². The number of sulfonamides is 1. The maximum Gasteiger partial charge on any atom is 0.212 e. The van der Waals surface area contributed by atoms with E-state index >= 15 is 0 Å². The zero-order valence-electron chi connectivity index (χ0n) is 14.9. The Hall–Kier alpha value is -1.86. The molecule has 0 radical (unpaired) electrons. The van der Waals surface area contributed by atoms with Gasteiger partial charge in [-0.15, -0.1) is 0 Å². The fourth-order valence-corrected chi connectivity index (χ4v) is 5.32. The number of nitrogens with zero attached hydrogens (tertiary/aromatic N) is 2. The first-order valence-corrected chi connectivity index (χ1v) is 10.9. The summed E-state index contributed by atoms with van der Waals surface area (Å²) in [5.41, 5.74) is 1.78. The Labute approximate surface area is 155 Å². The number of aliphatic hydroxyl groups excluding tert-OH is 1. The molecular formula is C20H24N2O3S. The Bertz CT molecular complexity index is 840. The molecule has 1 saturated carbocycles. The molecule has 1 aliphatic carbocycles. The van der Waals surface area contributed by atoms with Crippen LogP contribution in [-0.2, 0) is 10.0 Å². The summed E-state index contributed by atoms with van der Waals surface area (Å²) in [7, 11) is -3.53. The fraction of sp³-hybridized carbons (Fsp3) is 0.550. The van der Waals surface area contributed by atoms with Crippen LogP contribution in [0.2, 0.25) is 0 Å². The predicted octanol–water partition coefficient (Wildman–Crippen LogP) is 2.23. The molecule has 138 valence electrons. The Balaban J connectivity index is 1.76. The van der Waals surface area contributed by atoms with Gasteiger partial charge >= 0.3 is 0 Å². The van der Waals surface area contributed by atoms with Crippen molar-refractivity contribution in [2.45, 2.75) is 50.1 Å². The average Bonchev–Trinajstić information content (AvgIpc) is 2.60. The third-order valence-electron chi connectivity index (χ3n) is 5.38. The first kappa shape index (κ1) is 18.9. The lowest BCUT2D eigenvalue weighted by molar-refractivity contribution is 0.0564. The van der Waals surface area contributed by atoms with Crippen LogP contribution in [0.15, 0.2) is 24.3 Å². The highest BCUT2D eigenvalue weighted by Crippen LogP contribution is 2.41. The van der Waals surface area contributed by atoms with Gasteiger partial charge in [0.2, 0.25) is 10.0 Å². The molecule has 0 spiro atoms. The van der Waals surface area contributed by atoms with Gasteiger partial charge < -0.3 is 5.11 Å². The van der Waals surface area contributed by atoms with Gasteiger partial charge in [-0.1, -0.05) is 43.2 Å². The second-order valence-corrected chi connectivity index (χ2v) is 9.06. The zero-order chi connectivity index (χ0) is 18.7. The normalized spacial score (nSPS) is 27.0. The SMILES string of the molecule is CS(=O)(=O)N1[C@H](CO)[C@@H](c2ccc(C#CC3CCCCC3)cc2)[C@@H]1C#N. The average molecular weight is 372 g/mol. The van der Waals surface area contributed by atoms with Crippen molar-refractivity contribution in [1.29, 1.82) is 5.26 Å². The van der Waals surface area contributed by atoms with Gasteiger partial charge in [0.25, 0.3) is 0 Å². The van der Waals surface area contributed by atoms with Crippen molar-refractivity contribution < 1.29 is 13.5 Å². The van der Waals surface area contributed by atoms with Crippen LogP contribution in [-0.4, -0.2) is 42.8 Å².